The van der Waals surface area contributed by atoms with Crippen molar-refractivity contribution in [3.8, 4) is 6.07 Å². The number of carbonyl (C=O) groups is 2. The predicted molar refractivity (Wildman–Crippen MR) is 109 cm³/mol. The Labute approximate surface area is 170 Å². The molecule has 2 amide bonds. The molecule has 0 radical (unpaired) electrons. The summed E-state index contributed by atoms with van der Waals surface area (Å²) in [7, 11) is 1.55. The fourth-order valence-electron chi connectivity index (χ4n) is 3.06. The van der Waals surface area contributed by atoms with Gasteiger partial charge in [0, 0.05) is 30.4 Å². The zero-order valence-corrected chi connectivity index (χ0v) is 17.2. The molecular formula is C20H26ClN5O2. The maximum absolute atomic E-state index is 12.9. The van der Waals surface area contributed by atoms with Crippen molar-refractivity contribution in [3.05, 3.63) is 28.9 Å². The highest BCUT2D eigenvalue weighted by Gasteiger charge is 2.24. The molecule has 2 rings (SSSR count). The van der Waals surface area contributed by atoms with Gasteiger partial charge < -0.3 is 10.6 Å². The maximum Gasteiger partial charge on any atom is 0.273 e. The first-order valence-electron chi connectivity index (χ1n) is 9.42. The summed E-state index contributed by atoms with van der Waals surface area (Å²) in [5, 5.41) is 19.7. The van der Waals surface area contributed by atoms with E-state index in [4.69, 9.17) is 16.9 Å². The molecule has 8 heteroatoms. The van der Waals surface area contributed by atoms with Gasteiger partial charge in [0.25, 0.3) is 5.91 Å². The Balaban J connectivity index is 2.31. The van der Waals surface area contributed by atoms with E-state index >= 15 is 0 Å². The summed E-state index contributed by atoms with van der Waals surface area (Å²) in [6.45, 7) is 4.58. The van der Waals surface area contributed by atoms with Crippen molar-refractivity contribution >= 4 is 34.3 Å². The van der Waals surface area contributed by atoms with E-state index in [1.807, 2.05) is 19.9 Å². The van der Waals surface area contributed by atoms with Gasteiger partial charge in [0.15, 0.2) is 5.69 Å². The fraction of sp³-hybridized carbons (Fsp3) is 0.500. The molecule has 2 aromatic rings. The summed E-state index contributed by atoms with van der Waals surface area (Å²) in [4.78, 5) is 25.1. The molecule has 150 valence electrons. The highest BCUT2D eigenvalue weighted by atomic mass is 35.5. The van der Waals surface area contributed by atoms with Gasteiger partial charge in [-0.25, -0.2) is 0 Å². The quantitative estimate of drug-likeness (QED) is 0.627. The molecule has 0 saturated carbocycles. The number of fused-ring (bicyclic) bond motifs is 1. The van der Waals surface area contributed by atoms with Crippen molar-refractivity contribution in [1.82, 2.24) is 20.4 Å². The monoisotopic (exact) mass is 403 g/mol. The molecule has 7 nitrogen and oxygen atoms in total. The summed E-state index contributed by atoms with van der Waals surface area (Å²) in [6.07, 6.45) is 2.56. The number of likely N-dealkylation sites (N-methyl/N-ethyl adjacent to an activating group) is 1. The molecule has 0 aliphatic heterocycles. The van der Waals surface area contributed by atoms with Crippen molar-refractivity contribution in [1.29, 1.82) is 5.26 Å². The zero-order chi connectivity index (χ0) is 20.7. The zero-order valence-electron chi connectivity index (χ0n) is 16.5. The van der Waals surface area contributed by atoms with Crippen LogP contribution in [0.3, 0.4) is 0 Å². The van der Waals surface area contributed by atoms with Gasteiger partial charge in [0.05, 0.1) is 11.6 Å². The largest absolute Gasteiger partial charge is 0.357 e. The summed E-state index contributed by atoms with van der Waals surface area (Å²) in [5.74, 6) is -0.399. The van der Waals surface area contributed by atoms with Crippen LogP contribution < -0.4 is 10.6 Å². The SMILES string of the molecule is CNC(=O)C(CC(C)C)NC(=O)c1nn(CCCCC#N)c2ccc(Cl)cc12. The van der Waals surface area contributed by atoms with E-state index in [-0.39, 0.29) is 17.5 Å². The minimum absolute atomic E-state index is 0.236. The summed E-state index contributed by atoms with van der Waals surface area (Å²) >= 11 is 6.13. The summed E-state index contributed by atoms with van der Waals surface area (Å²) in [5.41, 5.74) is 1.04. The van der Waals surface area contributed by atoms with Crippen LogP contribution in [0.4, 0.5) is 0 Å². The number of unbranched alkanes of at least 4 members (excludes halogenated alkanes) is 2. The average Bonchev–Trinajstić information content (AvgIpc) is 3.01. The fourth-order valence-corrected chi connectivity index (χ4v) is 3.23. The molecule has 0 spiro atoms. The second-order valence-corrected chi connectivity index (χ2v) is 7.55. The van der Waals surface area contributed by atoms with Crippen molar-refractivity contribution in [2.24, 2.45) is 5.92 Å². The van der Waals surface area contributed by atoms with Crippen LogP contribution in [0.25, 0.3) is 10.9 Å². The van der Waals surface area contributed by atoms with Crippen LogP contribution in [0, 0.1) is 17.2 Å². The lowest BCUT2D eigenvalue weighted by molar-refractivity contribution is -0.122. The van der Waals surface area contributed by atoms with Crippen LogP contribution in [0.2, 0.25) is 5.02 Å². The molecule has 2 N–H and O–H groups in total. The Bertz CT molecular complexity index is 885. The van der Waals surface area contributed by atoms with Gasteiger partial charge in [-0.05, 0) is 43.4 Å². The minimum atomic E-state index is -0.632. The lowest BCUT2D eigenvalue weighted by Gasteiger charge is -2.18. The molecule has 0 saturated heterocycles. The van der Waals surface area contributed by atoms with Gasteiger partial charge in [-0.15, -0.1) is 0 Å². The Hall–Kier alpha value is -2.59. The number of nitrogens with one attached hydrogen (secondary N) is 2. The van der Waals surface area contributed by atoms with Crippen molar-refractivity contribution in [2.75, 3.05) is 7.05 Å². The van der Waals surface area contributed by atoms with Gasteiger partial charge in [0.1, 0.15) is 6.04 Å². The molecular weight excluding hydrogens is 378 g/mol. The number of nitriles is 1. The predicted octanol–water partition coefficient (Wildman–Crippen LogP) is 3.27. The van der Waals surface area contributed by atoms with Crippen LogP contribution in [0.15, 0.2) is 18.2 Å². The molecule has 0 fully saturated rings. The van der Waals surface area contributed by atoms with E-state index in [0.29, 0.717) is 29.8 Å². The smallest absolute Gasteiger partial charge is 0.273 e. The lowest BCUT2D eigenvalue weighted by Crippen LogP contribution is -2.46. The Morgan fingerprint density at radius 3 is 2.71 bits per heavy atom. The Morgan fingerprint density at radius 1 is 1.32 bits per heavy atom. The molecule has 0 aliphatic rings. The third-order valence-electron chi connectivity index (χ3n) is 4.41. The van der Waals surface area contributed by atoms with E-state index < -0.39 is 11.9 Å². The Kier molecular flexibility index (Phi) is 7.82. The lowest BCUT2D eigenvalue weighted by atomic mass is 10.0. The van der Waals surface area contributed by atoms with Gasteiger partial charge >= 0.3 is 0 Å². The molecule has 1 unspecified atom stereocenters. The highest BCUT2D eigenvalue weighted by Crippen LogP contribution is 2.24. The molecule has 0 bridgehead atoms. The second-order valence-electron chi connectivity index (χ2n) is 7.12. The topological polar surface area (TPSA) is 99.8 Å². The number of hydrogen-bond donors (Lipinski definition) is 2. The first-order chi connectivity index (χ1) is 13.4. The van der Waals surface area contributed by atoms with Gasteiger partial charge in [0.2, 0.25) is 5.91 Å². The third kappa shape index (κ3) is 5.46. The molecule has 1 heterocycles. The number of nitrogens with zero attached hydrogens (tertiary/aromatic N) is 3. The molecule has 1 atom stereocenters. The second kappa shape index (κ2) is 10.1. The normalized spacial score (nSPS) is 12.0. The van der Waals surface area contributed by atoms with Crippen LogP contribution in [-0.4, -0.2) is 34.7 Å². The highest BCUT2D eigenvalue weighted by molar-refractivity contribution is 6.31. The van der Waals surface area contributed by atoms with Crippen molar-refractivity contribution in [2.45, 2.75) is 52.1 Å². The van der Waals surface area contributed by atoms with Gasteiger partial charge in [-0.2, -0.15) is 10.4 Å². The molecule has 28 heavy (non-hydrogen) atoms. The van der Waals surface area contributed by atoms with E-state index in [1.165, 1.54) is 0 Å². The Morgan fingerprint density at radius 2 is 2.07 bits per heavy atom. The summed E-state index contributed by atoms with van der Waals surface area (Å²) in [6, 6.07) is 6.79. The number of benzene rings is 1. The van der Waals surface area contributed by atoms with E-state index in [9.17, 15) is 9.59 Å². The third-order valence-corrected chi connectivity index (χ3v) is 4.65. The van der Waals surface area contributed by atoms with Crippen LogP contribution in [0.1, 0.15) is 50.0 Å². The maximum atomic E-state index is 12.9. The van der Waals surface area contributed by atoms with Crippen molar-refractivity contribution in [3.63, 3.8) is 0 Å². The standard InChI is InChI=1S/C20H26ClN5O2/c1-13(2)11-16(19(27)23-3)24-20(28)18-15-12-14(21)7-8-17(15)26(25-18)10-6-4-5-9-22/h7-8,12-13,16H,4-6,10-11H2,1-3H3,(H,23,27)(H,24,28). The summed E-state index contributed by atoms with van der Waals surface area (Å²) < 4.78 is 1.76. The number of aromatic nitrogens is 2. The number of halogens is 1. The van der Waals surface area contributed by atoms with Gasteiger partial charge in [-0.3, -0.25) is 14.3 Å². The number of rotatable bonds is 9. The molecule has 0 aliphatic carbocycles. The first kappa shape index (κ1) is 21.7. The number of hydrogen-bond acceptors (Lipinski definition) is 4. The van der Waals surface area contributed by atoms with E-state index in [1.54, 1.807) is 23.9 Å². The molecule has 1 aromatic carbocycles. The van der Waals surface area contributed by atoms with E-state index in [2.05, 4.69) is 21.8 Å². The first-order valence-corrected chi connectivity index (χ1v) is 9.80. The average molecular weight is 404 g/mol. The number of carbonyl (C=O) groups excluding carboxylic acids is 2. The van der Waals surface area contributed by atoms with Crippen LogP contribution in [0.5, 0.6) is 0 Å². The van der Waals surface area contributed by atoms with E-state index in [0.717, 1.165) is 18.4 Å². The number of aryl methyl sites for hydroxylation is 1. The number of amides is 2. The van der Waals surface area contributed by atoms with Crippen LogP contribution in [-0.2, 0) is 11.3 Å². The van der Waals surface area contributed by atoms with Crippen LogP contribution >= 0.6 is 11.6 Å². The van der Waals surface area contributed by atoms with Gasteiger partial charge in [-0.1, -0.05) is 25.4 Å². The van der Waals surface area contributed by atoms with Crippen molar-refractivity contribution < 1.29 is 9.59 Å². The molecule has 1 aromatic heterocycles. The minimum Gasteiger partial charge on any atom is -0.357 e.